The van der Waals surface area contributed by atoms with Crippen LogP contribution in [-0.2, 0) is 10.0 Å². The quantitative estimate of drug-likeness (QED) is 0.803. The molecule has 4 atom stereocenters. The number of sulfonamides is 1. The molecule has 5 heteroatoms. The van der Waals surface area contributed by atoms with Gasteiger partial charge in [-0.25, -0.2) is 12.7 Å². The van der Waals surface area contributed by atoms with E-state index in [0.29, 0.717) is 12.5 Å². The molecule has 100 valence electrons. The van der Waals surface area contributed by atoms with Crippen molar-refractivity contribution in [2.24, 2.45) is 23.5 Å². The lowest BCUT2D eigenvalue weighted by Crippen LogP contribution is -2.41. The van der Waals surface area contributed by atoms with Crippen molar-refractivity contribution in [1.82, 2.24) is 4.31 Å². The van der Waals surface area contributed by atoms with E-state index in [4.69, 9.17) is 5.73 Å². The summed E-state index contributed by atoms with van der Waals surface area (Å²) in [7, 11) is -1.48. The molecule has 0 heterocycles. The van der Waals surface area contributed by atoms with Gasteiger partial charge in [0.25, 0.3) is 0 Å². The highest BCUT2D eigenvalue weighted by molar-refractivity contribution is 7.89. The molecule has 2 fully saturated rings. The molecule has 2 aliphatic rings. The Morgan fingerprint density at radius 3 is 2.53 bits per heavy atom. The van der Waals surface area contributed by atoms with Crippen molar-refractivity contribution in [2.75, 3.05) is 20.1 Å². The van der Waals surface area contributed by atoms with Crippen LogP contribution in [-0.4, -0.2) is 38.1 Å². The number of fused-ring (bicyclic) bond motifs is 2. The molecule has 2 N–H and O–H groups in total. The Kier molecular flexibility index (Phi) is 3.80. The molecule has 0 saturated heterocycles. The summed E-state index contributed by atoms with van der Waals surface area (Å²) in [5, 5.41) is -0.467. The van der Waals surface area contributed by atoms with E-state index in [1.165, 1.54) is 30.0 Å². The molecule has 2 bridgehead atoms. The Hall–Kier alpha value is -0.130. The number of hydrogen-bond donors (Lipinski definition) is 1. The van der Waals surface area contributed by atoms with Crippen LogP contribution in [0, 0.1) is 17.8 Å². The van der Waals surface area contributed by atoms with Gasteiger partial charge in [-0.1, -0.05) is 6.42 Å². The fraction of sp³-hybridized carbons (Fsp3) is 1.00. The molecule has 2 rings (SSSR count). The second-order valence-corrected chi connectivity index (χ2v) is 8.26. The van der Waals surface area contributed by atoms with Crippen molar-refractivity contribution < 1.29 is 8.42 Å². The van der Waals surface area contributed by atoms with E-state index >= 15 is 0 Å². The Bertz CT molecular complexity index is 369. The number of rotatable bonds is 5. The third kappa shape index (κ3) is 2.51. The van der Waals surface area contributed by atoms with Gasteiger partial charge in [-0.3, -0.25) is 0 Å². The van der Waals surface area contributed by atoms with Gasteiger partial charge in [0.15, 0.2) is 0 Å². The maximum atomic E-state index is 12.1. The fourth-order valence-electron chi connectivity index (χ4n) is 3.46. The van der Waals surface area contributed by atoms with E-state index in [1.54, 1.807) is 14.0 Å². The number of nitrogens with zero attached hydrogens (tertiary/aromatic N) is 1. The van der Waals surface area contributed by atoms with E-state index < -0.39 is 15.3 Å². The van der Waals surface area contributed by atoms with E-state index in [-0.39, 0.29) is 6.54 Å². The lowest BCUT2D eigenvalue weighted by Gasteiger charge is -2.28. The highest BCUT2D eigenvalue weighted by Gasteiger charge is 2.41. The largest absolute Gasteiger partial charge is 0.329 e. The molecule has 0 radical (unpaired) electrons. The van der Waals surface area contributed by atoms with Crippen LogP contribution in [0.3, 0.4) is 0 Å². The van der Waals surface area contributed by atoms with Crippen LogP contribution < -0.4 is 5.73 Å². The third-order valence-corrected chi connectivity index (χ3v) is 6.88. The molecular weight excluding hydrogens is 236 g/mol. The van der Waals surface area contributed by atoms with Gasteiger partial charge in [-0.2, -0.15) is 0 Å². The maximum Gasteiger partial charge on any atom is 0.217 e. The first kappa shape index (κ1) is 13.3. The molecule has 17 heavy (non-hydrogen) atoms. The van der Waals surface area contributed by atoms with Gasteiger partial charge in [-0.15, -0.1) is 0 Å². The molecule has 0 amide bonds. The molecule has 0 aliphatic heterocycles. The summed E-state index contributed by atoms with van der Waals surface area (Å²) in [6.07, 6.45) is 5.21. The van der Waals surface area contributed by atoms with Gasteiger partial charge in [0.2, 0.25) is 10.0 Å². The summed E-state index contributed by atoms with van der Waals surface area (Å²) >= 11 is 0. The molecule has 4 nitrogen and oxygen atoms in total. The minimum absolute atomic E-state index is 0.198. The van der Waals surface area contributed by atoms with Crippen LogP contribution in [0.5, 0.6) is 0 Å². The van der Waals surface area contributed by atoms with Crippen LogP contribution >= 0.6 is 0 Å². The predicted octanol–water partition coefficient (Wildman–Crippen LogP) is 1.03. The second kappa shape index (κ2) is 4.86. The maximum absolute atomic E-state index is 12.1. The van der Waals surface area contributed by atoms with Crippen LogP contribution in [0.15, 0.2) is 0 Å². The van der Waals surface area contributed by atoms with Crippen molar-refractivity contribution in [3.8, 4) is 0 Å². The van der Waals surface area contributed by atoms with E-state index in [1.807, 2.05) is 0 Å². The molecule has 0 spiro atoms. The SMILES string of the molecule is CC(CN)S(=O)(=O)N(C)CC1CC2CCC1C2. The molecule has 0 aromatic heterocycles. The van der Waals surface area contributed by atoms with Crippen molar-refractivity contribution in [3.63, 3.8) is 0 Å². The number of nitrogens with two attached hydrogens (primary N) is 1. The predicted molar refractivity (Wildman–Crippen MR) is 69.0 cm³/mol. The highest BCUT2D eigenvalue weighted by atomic mass is 32.2. The summed E-state index contributed by atoms with van der Waals surface area (Å²) in [6, 6.07) is 0. The summed E-state index contributed by atoms with van der Waals surface area (Å²) in [6.45, 7) is 2.57. The summed E-state index contributed by atoms with van der Waals surface area (Å²) < 4.78 is 25.7. The molecular formula is C12H24N2O2S. The van der Waals surface area contributed by atoms with Gasteiger partial charge < -0.3 is 5.73 Å². The van der Waals surface area contributed by atoms with Crippen molar-refractivity contribution in [1.29, 1.82) is 0 Å². The molecule has 4 unspecified atom stereocenters. The first-order chi connectivity index (χ1) is 7.95. The lowest BCUT2D eigenvalue weighted by atomic mass is 9.89. The second-order valence-electron chi connectivity index (χ2n) is 5.81. The first-order valence-electron chi connectivity index (χ1n) is 6.60. The minimum Gasteiger partial charge on any atom is -0.329 e. The van der Waals surface area contributed by atoms with Gasteiger partial charge in [-0.05, 0) is 43.9 Å². The van der Waals surface area contributed by atoms with Gasteiger partial charge in [0.05, 0.1) is 5.25 Å². The van der Waals surface area contributed by atoms with E-state index in [2.05, 4.69) is 0 Å². The topological polar surface area (TPSA) is 63.4 Å². The van der Waals surface area contributed by atoms with Crippen molar-refractivity contribution in [2.45, 2.75) is 37.9 Å². The molecule has 0 aromatic rings. The zero-order chi connectivity index (χ0) is 12.6. The minimum atomic E-state index is -3.19. The van der Waals surface area contributed by atoms with Crippen molar-refractivity contribution in [3.05, 3.63) is 0 Å². The van der Waals surface area contributed by atoms with E-state index in [9.17, 15) is 8.42 Å². The van der Waals surface area contributed by atoms with Crippen molar-refractivity contribution >= 4 is 10.0 Å². The van der Waals surface area contributed by atoms with Crippen LogP contribution in [0.1, 0.15) is 32.6 Å². The Morgan fingerprint density at radius 2 is 2.06 bits per heavy atom. The highest BCUT2D eigenvalue weighted by Crippen LogP contribution is 2.48. The summed E-state index contributed by atoms with van der Waals surface area (Å²) in [4.78, 5) is 0. The van der Waals surface area contributed by atoms with E-state index in [0.717, 1.165) is 11.8 Å². The van der Waals surface area contributed by atoms with Gasteiger partial charge >= 0.3 is 0 Å². The van der Waals surface area contributed by atoms with Crippen LogP contribution in [0.2, 0.25) is 0 Å². The fourth-order valence-corrected chi connectivity index (χ4v) is 4.72. The standard InChI is InChI=1S/C12H24N2O2S/c1-9(7-13)17(15,16)14(2)8-12-6-10-3-4-11(12)5-10/h9-12H,3-8,13H2,1-2H3. The molecule has 0 aromatic carbocycles. The molecule has 2 saturated carbocycles. The molecule has 2 aliphatic carbocycles. The zero-order valence-electron chi connectivity index (χ0n) is 10.8. The first-order valence-corrected chi connectivity index (χ1v) is 8.10. The summed E-state index contributed by atoms with van der Waals surface area (Å²) in [5.41, 5.74) is 5.46. The Balaban J connectivity index is 1.95. The zero-order valence-corrected chi connectivity index (χ0v) is 11.6. The lowest BCUT2D eigenvalue weighted by molar-refractivity contribution is 0.279. The number of hydrogen-bond acceptors (Lipinski definition) is 3. The van der Waals surface area contributed by atoms with Gasteiger partial charge in [0, 0.05) is 20.1 Å². The smallest absolute Gasteiger partial charge is 0.217 e. The van der Waals surface area contributed by atoms with Crippen LogP contribution in [0.25, 0.3) is 0 Å². The van der Waals surface area contributed by atoms with Gasteiger partial charge in [0.1, 0.15) is 0 Å². The summed E-state index contributed by atoms with van der Waals surface area (Å²) in [5.74, 6) is 2.22. The average Bonchev–Trinajstić information content (AvgIpc) is 2.89. The normalized spacial score (nSPS) is 34.5. The monoisotopic (exact) mass is 260 g/mol. The van der Waals surface area contributed by atoms with Crippen LogP contribution in [0.4, 0.5) is 0 Å². The third-order valence-electron chi connectivity index (χ3n) is 4.65. The Morgan fingerprint density at radius 1 is 1.35 bits per heavy atom. The average molecular weight is 260 g/mol. The Labute approximate surface area is 105 Å².